The van der Waals surface area contributed by atoms with Crippen LogP contribution in [-0.2, 0) is 5.88 Å². The summed E-state index contributed by atoms with van der Waals surface area (Å²) in [4.78, 5) is 8.73. The van der Waals surface area contributed by atoms with Crippen LogP contribution < -0.4 is 9.47 Å². The van der Waals surface area contributed by atoms with Crippen LogP contribution in [-0.4, -0.2) is 17.1 Å². The number of ether oxygens (including phenoxy) is 2. The highest BCUT2D eigenvalue weighted by atomic mass is 35.5. The summed E-state index contributed by atoms with van der Waals surface area (Å²) < 4.78 is 11.0. The summed E-state index contributed by atoms with van der Waals surface area (Å²) in [5.74, 6) is 3.26. The van der Waals surface area contributed by atoms with Crippen molar-refractivity contribution in [1.82, 2.24) is 9.97 Å². The maximum atomic E-state index is 5.94. The van der Waals surface area contributed by atoms with Gasteiger partial charge in [-0.3, -0.25) is 0 Å². The number of hydrogen-bond donors (Lipinski definition) is 0. The Labute approximate surface area is 123 Å². The van der Waals surface area contributed by atoms with Gasteiger partial charge in [0.1, 0.15) is 23.0 Å². The van der Waals surface area contributed by atoms with E-state index in [0.717, 1.165) is 11.6 Å². The minimum Gasteiger partial charge on any atom is -0.497 e. The van der Waals surface area contributed by atoms with E-state index >= 15 is 0 Å². The van der Waals surface area contributed by atoms with Crippen molar-refractivity contribution in [2.24, 2.45) is 0 Å². The molecule has 0 spiro atoms. The second-order valence-corrected chi connectivity index (χ2v) is 4.88. The number of rotatable bonds is 5. The van der Waals surface area contributed by atoms with Crippen molar-refractivity contribution in [3.63, 3.8) is 0 Å². The molecule has 0 aliphatic heterocycles. The molecule has 1 aromatic heterocycles. The summed E-state index contributed by atoms with van der Waals surface area (Å²) >= 11 is 5.94. The van der Waals surface area contributed by atoms with Gasteiger partial charge in [-0.1, -0.05) is 19.9 Å². The summed E-state index contributed by atoms with van der Waals surface area (Å²) in [7, 11) is 1.61. The topological polar surface area (TPSA) is 44.2 Å². The second-order valence-electron chi connectivity index (χ2n) is 4.61. The third kappa shape index (κ3) is 3.39. The molecule has 1 aromatic carbocycles. The van der Waals surface area contributed by atoms with E-state index in [1.807, 2.05) is 32.0 Å². The molecule has 2 aromatic rings. The molecule has 1 heterocycles. The number of alkyl halides is 1. The van der Waals surface area contributed by atoms with Crippen molar-refractivity contribution in [1.29, 1.82) is 0 Å². The van der Waals surface area contributed by atoms with Gasteiger partial charge in [-0.2, -0.15) is 0 Å². The predicted octanol–water partition coefficient (Wildman–Crippen LogP) is 4.14. The van der Waals surface area contributed by atoms with E-state index in [-0.39, 0.29) is 11.8 Å². The Morgan fingerprint density at radius 2 is 2.00 bits per heavy atom. The van der Waals surface area contributed by atoms with Gasteiger partial charge in [0.05, 0.1) is 19.2 Å². The number of aromatic nitrogens is 2. The average molecular weight is 293 g/mol. The van der Waals surface area contributed by atoms with Crippen LogP contribution in [0, 0.1) is 0 Å². The lowest BCUT2D eigenvalue weighted by molar-refractivity contribution is 0.408. The molecule has 20 heavy (non-hydrogen) atoms. The van der Waals surface area contributed by atoms with Gasteiger partial charge in [0.15, 0.2) is 5.75 Å². The number of halogens is 1. The normalized spacial score (nSPS) is 10.7. The molecule has 0 bridgehead atoms. The zero-order valence-electron chi connectivity index (χ0n) is 11.8. The lowest BCUT2D eigenvalue weighted by Crippen LogP contribution is -2.02. The summed E-state index contributed by atoms with van der Waals surface area (Å²) in [5.41, 5.74) is 0.688. The quantitative estimate of drug-likeness (QED) is 0.777. The summed E-state index contributed by atoms with van der Waals surface area (Å²) in [6, 6.07) is 7.36. The van der Waals surface area contributed by atoms with E-state index in [2.05, 4.69) is 9.97 Å². The molecule has 2 rings (SSSR count). The lowest BCUT2D eigenvalue weighted by Gasteiger charge is -2.11. The minimum absolute atomic E-state index is 0.253. The Balaban J connectivity index is 2.28. The molecule has 0 saturated carbocycles. The first-order valence-electron chi connectivity index (χ1n) is 6.37. The Morgan fingerprint density at radius 1 is 1.25 bits per heavy atom. The molecule has 5 heteroatoms. The fourth-order valence-electron chi connectivity index (χ4n) is 1.67. The molecular formula is C15H17ClN2O2. The maximum absolute atomic E-state index is 5.94. The molecule has 0 amide bonds. The molecular weight excluding hydrogens is 276 g/mol. The summed E-state index contributed by atoms with van der Waals surface area (Å²) in [6.07, 6.45) is 1.67. The Kier molecular flexibility index (Phi) is 4.79. The van der Waals surface area contributed by atoms with Crippen LogP contribution in [0.25, 0.3) is 0 Å². The van der Waals surface area contributed by atoms with Crippen molar-refractivity contribution in [2.75, 3.05) is 7.11 Å². The first kappa shape index (κ1) is 14.6. The monoisotopic (exact) mass is 292 g/mol. The molecule has 0 N–H and O–H groups in total. The van der Waals surface area contributed by atoms with Gasteiger partial charge < -0.3 is 9.47 Å². The van der Waals surface area contributed by atoms with Crippen LogP contribution >= 0.6 is 11.6 Å². The van der Waals surface area contributed by atoms with Crippen molar-refractivity contribution >= 4 is 11.6 Å². The first-order valence-corrected chi connectivity index (χ1v) is 6.91. The molecule has 0 fully saturated rings. The third-order valence-electron chi connectivity index (χ3n) is 2.76. The predicted molar refractivity (Wildman–Crippen MR) is 78.7 cm³/mol. The molecule has 0 unspecified atom stereocenters. The van der Waals surface area contributed by atoms with Crippen LogP contribution in [0.4, 0.5) is 0 Å². The Hall–Kier alpha value is -1.81. The molecule has 106 valence electrons. The highest BCUT2D eigenvalue weighted by Crippen LogP contribution is 2.28. The zero-order valence-corrected chi connectivity index (χ0v) is 12.5. The van der Waals surface area contributed by atoms with Gasteiger partial charge >= 0.3 is 0 Å². The van der Waals surface area contributed by atoms with E-state index in [1.54, 1.807) is 19.4 Å². The maximum Gasteiger partial charge on any atom is 0.168 e. The number of nitrogens with zero attached hydrogens (tertiary/aromatic N) is 2. The van der Waals surface area contributed by atoms with Crippen LogP contribution in [0.15, 0.2) is 30.5 Å². The third-order valence-corrected chi connectivity index (χ3v) is 3.01. The van der Waals surface area contributed by atoms with E-state index in [0.29, 0.717) is 17.2 Å². The molecule has 0 aliphatic carbocycles. The summed E-state index contributed by atoms with van der Waals surface area (Å²) in [6.45, 7) is 4.08. The smallest absolute Gasteiger partial charge is 0.168 e. The number of hydrogen-bond acceptors (Lipinski definition) is 4. The molecule has 0 saturated heterocycles. The molecule has 0 aliphatic rings. The highest BCUT2D eigenvalue weighted by Gasteiger charge is 2.11. The molecule has 4 nitrogen and oxygen atoms in total. The zero-order chi connectivity index (χ0) is 14.5. The Bertz CT molecular complexity index is 588. The lowest BCUT2D eigenvalue weighted by atomic mass is 10.2. The van der Waals surface area contributed by atoms with E-state index < -0.39 is 0 Å². The standard InChI is InChI=1S/C15H17ClN2O2/c1-10(2)15-17-9-14(13(8-16)18-15)20-12-6-4-5-11(7-12)19-3/h4-7,9-10H,8H2,1-3H3. The van der Waals surface area contributed by atoms with Crippen molar-refractivity contribution in [2.45, 2.75) is 25.6 Å². The van der Waals surface area contributed by atoms with Gasteiger partial charge in [-0.25, -0.2) is 9.97 Å². The van der Waals surface area contributed by atoms with Crippen molar-refractivity contribution < 1.29 is 9.47 Å². The first-order chi connectivity index (χ1) is 9.63. The van der Waals surface area contributed by atoms with Gasteiger partial charge in [-0.05, 0) is 12.1 Å². The van der Waals surface area contributed by atoms with Crippen molar-refractivity contribution in [3.8, 4) is 17.2 Å². The highest BCUT2D eigenvalue weighted by molar-refractivity contribution is 6.17. The van der Waals surface area contributed by atoms with Crippen LogP contribution in [0.2, 0.25) is 0 Å². The van der Waals surface area contributed by atoms with Gasteiger partial charge in [0.25, 0.3) is 0 Å². The van der Waals surface area contributed by atoms with Crippen LogP contribution in [0.1, 0.15) is 31.3 Å². The minimum atomic E-state index is 0.253. The number of benzene rings is 1. The fraction of sp³-hybridized carbons (Fsp3) is 0.333. The van der Waals surface area contributed by atoms with Crippen LogP contribution in [0.3, 0.4) is 0 Å². The van der Waals surface area contributed by atoms with Crippen molar-refractivity contribution in [3.05, 3.63) is 42.0 Å². The molecule has 0 radical (unpaired) electrons. The van der Waals surface area contributed by atoms with E-state index in [1.165, 1.54) is 0 Å². The summed E-state index contributed by atoms with van der Waals surface area (Å²) in [5, 5.41) is 0. The van der Waals surface area contributed by atoms with E-state index in [4.69, 9.17) is 21.1 Å². The van der Waals surface area contributed by atoms with Gasteiger partial charge in [0.2, 0.25) is 0 Å². The largest absolute Gasteiger partial charge is 0.497 e. The fourth-order valence-corrected chi connectivity index (χ4v) is 1.86. The second kappa shape index (κ2) is 6.57. The van der Waals surface area contributed by atoms with Gasteiger partial charge in [0, 0.05) is 12.0 Å². The number of methoxy groups -OCH3 is 1. The van der Waals surface area contributed by atoms with E-state index in [9.17, 15) is 0 Å². The SMILES string of the molecule is COc1cccc(Oc2cnc(C(C)C)nc2CCl)c1. The van der Waals surface area contributed by atoms with Crippen LogP contribution in [0.5, 0.6) is 17.2 Å². The average Bonchev–Trinajstić information content (AvgIpc) is 2.47. The molecule has 0 atom stereocenters. The Morgan fingerprint density at radius 3 is 2.65 bits per heavy atom. The van der Waals surface area contributed by atoms with Gasteiger partial charge in [-0.15, -0.1) is 11.6 Å².